The molecule has 2 fully saturated rings. The Bertz CT molecular complexity index is 378. The summed E-state index contributed by atoms with van der Waals surface area (Å²) in [7, 11) is 1.83. The lowest BCUT2D eigenvalue weighted by molar-refractivity contribution is -0.165. The van der Waals surface area contributed by atoms with Gasteiger partial charge in [0.1, 0.15) is 11.3 Å². The van der Waals surface area contributed by atoms with Crippen LogP contribution in [0.5, 0.6) is 0 Å². The van der Waals surface area contributed by atoms with Gasteiger partial charge in [0.2, 0.25) is 0 Å². The van der Waals surface area contributed by atoms with Gasteiger partial charge in [-0.25, -0.2) is 0 Å². The number of aromatic nitrogens is 3. The highest BCUT2D eigenvalue weighted by Crippen LogP contribution is 2.37. The minimum atomic E-state index is -0.257. The molecule has 2 saturated heterocycles. The van der Waals surface area contributed by atoms with Crippen LogP contribution in [0.4, 0.5) is 0 Å². The number of hydrogen-bond acceptors (Lipinski definition) is 5. The zero-order valence-electron chi connectivity index (χ0n) is 10.1. The van der Waals surface area contributed by atoms with E-state index >= 15 is 0 Å². The summed E-state index contributed by atoms with van der Waals surface area (Å²) in [4.78, 5) is 1.59. The second-order valence-corrected chi connectivity index (χ2v) is 4.72. The third-order valence-corrected chi connectivity index (χ3v) is 3.51. The number of rotatable bonds is 1. The topological polar surface area (TPSA) is 61.2 Å². The van der Waals surface area contributed by atoms with Crippen molar-refractivity contribution in [2.24, 2.45) is 7.05 Å². The van der Waals surface area contributed by atoms with Gasteiger partial charge in [0.05, 0.1) is 25.5 Å². The van der Waals surface area contributed by atoms with E-state index in [-0.39, 0.29) is 11.6 Å². The molecule has 6 nitrogen and oxygen atoms in total. The van der Waals surface area contributed by atoms with Gasteiger partial charge in [-0.2, -0.15) is 15.0 Å². The highest BCUT2D eigenvalue weighted by atomic mass is 16.5. The molecule has 0 aromatic carbocycles. The molecule has 17 heavy (non-hydrogen) atoms. The van der Waals surface area contributed by atoms with E-state index in [1.54, 1.807) is 4.80 Å². The molecule has 1 aromatic rings. The maximum absolute atomic E-state index is 6.02. The molecule has 0 bridgehead atoms. The van der Waals surface area contributed by atoms with Gasteiger partial charge >= 0.3 is 0 Å². The van der Waals surface area contributed by atoms with Crippen molar-refractivity contribution in [1.29, 1.82) is 0 Å². The lowest BCUT2D eigenvalue weighted by Crippen LogP contribution is -2.56. The lowest BCUT2D eigenvalue weighted by Gasteiger charge is -2.45. The molecule has 1 aromatic heterocycles. The molecular formula is C11H18N4O2. The molecule has 2 atom stereocenters. The third kappa shape index (κ3) is 1.96. The largest absolute Gasteiger partial charge is 0.378 e. The summed E-state index contributed by atoms with van der Waals surface area (Å²) in [6, 6.07) is 0.0882. The van der Waals surface area contributed by atoms with E-state index in [2.05, 4.69) is 15.5 Å². The summed E-state index contributed by atoms with van der Waals surface area (Å²) in [6.45, 7) is 3.06. The predicted molar refractivity (Wildman–Crippen MR) is 60.5 cm³/mol. The summed E-state index contributed by atoms with van der Waals surface area (Å²) < 4.78 is 11.6. The SMILES string of the molecule is Cn1ncc(C2NCCOC23CCCOC3)n1. The second kappa shape index (κ2) is 4.36. The van der Waals surface area contributed by atoms with Gasteiger partial charge in [0.25, 0.3) is 0 Å². The molecule has 0 aliphatic carbocycles. The van der Waals surface area contributed by atoms with Gasteiger partial charge in [-0.3, -0.25) is 0 Å². The summed E-state index contributed by atoms with van der Waals surface area (Å²) in [5, 5.41) is 12.0. The number of ether oxygens (including phenoxy) is 2. The van der Waals surface area contributed by atoms with E-state index in [0.29, 0.717) is 6.61 Å². The minimum absolute atomic E-state index is 0.0882. The molecule has 2 unspecified atom stereocenters. The van der Waals surface area contributed by atoms with Crippen molar-refractivity contribution < 1.29 is 9.47 Å². The Morgan fingerprint density at radius 2 is 2.47 bits per heavy atom. The second-order valence-electron chi connectivity index (χ2n) is 4.72. The number of nitrogens with zero attached hydrogens (tertiary/aromatic N) is 3. The summed E-state index contributed by atoms with van der Waals surface area (Å²) >= 11 is 0. The molecule has 0 saturated carbocycles. The van der Waals surface area contributed by atoms with Crippen LogP contribution in [0.3, 0.4) is 0 Å². The van der Waals surface area contributed by atoms with Gasteiger partial charge in [-0.15, -0.1) is 0 Å². The fraction of sp³-hybridized carbons (Fsp3) is 0.818. The maximum atomic E-state index is 6.02. The third-order valence-electron chi connectivity index (χ3n) is 3.51. The van der Waals surface area contributed by atoms with E-state index in [4.69, 9.17) is 9.47 Å². The van der Waals surface area contributed by atoms with Gasteiger partial charge < -0.3 is 14.8 Å². The zero-order chi connectivity index (χ0) is 11.7. The number of aryl methyl sites for hydroxylation is 1. The van der Waals surface area contributed by atoms with Crippen LogP contribution in [0.2, 0.25) is 0 Å². The standard InChI is InChI=1S/C11H18N4O2/c1-15-13-7-9(14-15)10-11(17-6-4-12-10)3-2-5-16-8-11/h7,10,12H,2-6,8H2,1H3. The molecule has 94 valence electrons. The van der Waals surface area contributed by atoms with Crippen LogP contribution in [-0.2, 0) is 16.5 Å². The lowest BCUT2D eigenvalue weighted by atomic mass is 9.85. The van der Waals surface area contributed by atoms with Gasteiger partial charge in [0, 0.05) is 20.2 Å². The predicted octanol–water partition coefficient (Wildman–Crippen LogP) is 0.0252. The van der Waals surface area contributed by atoms with Crippen molar-refractivity contribution >= 4 is 0 Å². The van der Waals surface area contributed by atoms with Crippen molar-refractivity contribution in [1.82, 2.24) is 20.3 Å². The monoisotopic (exact) mass is 238 g/mol. The van der Waals surface area contributed by atoms with Gasteiger partial charge in [0.15, 0.2) is 0 Å². The Kier molecular flexibility index (Phi) is 2.85. The van der Waals surface area contributed by atoms with E-state index in [0.717, 1.165) is 38.3 Å². The van der Waals surface area contributed by atoms with Crippen molar-refractivity contribution in [2.75, 3.05) is 26.4 Å². The maximum Gasteiger partial charge on any atom is 0.113 e. The molecule has 6 heteroatoms. The first-order chi connectivity index (χ1) is 8.30. The van der Waals surface area contributed by atoms with Crippen molar-refractivity contribution in [3.8, 4) is 0 Å². The number of hydrogen-bond donors (Lipinski definition) is 1. The van der Waals surface area contributed by atoms with E-state index in [1.807, 2.05) is 13.2 Å². The highest BCUT2D eigenvalue weighted by Gasteiger charge is 2.45. The molecule has 0 amide bonds. The summed E-state index contributed by atoms with van der Waals surface area (Å²) in [5.74, 6) is 0. The van der Waals surface area contributed by atoms with Crippen LogP contribution >= 0.6 is 0 Å². The van der Waals surface area contributed by atoms with Crippen LogP contribution in [0.1, 0.15) is 24.6 Å². The van der Waals surface area contributed by atoms with E-state index in [9.17, 15) is 0 Å². The Morgan fingerprint density at radius 3 is 3.18 bits per heavy atom. The van der Waals surface area contributed by atoms with Gasteiger partial charge in [-0.05, 0) is 12.8 Å². The minimum Gasteiger partial charge on any atom is -0.378 e. The first kappa shape index (κ1) is 11.1. The first-order valence-electron chi connectivity index (χ1n) is 6.11. The van der Waals surface area contributed by atoms with Crippen molar-refractivity contribution in [3.05, 3.63) is 11.9 Å². The number of morpholine rings is 1. The average molecular weight is 238 g/mol. The van der Waals surface area contributed by atoms with Crippen molar-refractivity contribution in [3.63, 3.8) is 0 Å². The van der Waals surface area contributed by atoms with Gasteiger partial charge in [-0.1, -0.05) is 0 Å². The van der Waals surface area contributed by atoms with E-state index < -0.39 is 0 Å². The molecule has 1 N–H and O–H groups in total. The fourth-order valence-corrected chi connectivity index (χ4v) is 2.73. The first-order valence-corrected chi connectivity index (χ1v) is 6.11. The number of nitrogens with one attached hydrogen (secondary N) is 1. The molecule has 2 aliphatic rings. The molecular weight excluding hydrogens is 220 g/mol. The van der Waals surface area contributed by atoms with Crippen LogP contribution in [0.25, 0.3) is 0 Å². The Balaban J connectivity index is 1.89. The summed E-state index contributed by atoms with van der Waals surface area (Å²) in [6.07, 6.45) is 3.86. The Morgan fingerprint density at radius 1 is 1.53 bits per heavy atom. The van der Waals surface area contributed by atoms with Crippen LogP contribution in [0, 0.1) is 0 Å². The fourth-order valence-electron chi connectivity index (χ4n) is 2.73. The normalized spacial score (nSPS) is 34.1. The Labute approximate surface area is 100 Å². The quantitative estimate of drug-likeness (QED) is 0.747. The Hall–Kier alpha value is -0.980. The molecule has 3 heterocycles. The molecule has 0 radical (unpaired) electrons. The smallest absolute Gasteiger partial charge is 0.113 e. The highest BCUT2D eigenvalue weighted by molar-refractivity contribution is 5.11. The van der Waals surface area contributed by atoms with E-state index in [1.165, 1.54) is 0 Å². The zero-order valence-corrected chi connectivity index (χ0v) is 10.1. The molecule has 2 aliphatic heterocycles. The molecule has 1 spiro atoms. The average Bonchev–Trinajstić information content (AvgIpc) is 2.77. The van der Waals surface area contributed by atoms with Crippen LogP contribution in [0.15, 0.2) is 6.20 Å². The van der Waals surface area contributed by atoms with Crippen molar-refractivity contribution in [2.45, 2.75) is 24.5 Å². The van der Waals surface area contributed by atoms with Crippen LogP contribution in [-0.4, -0.2) is 47.0 Å². The molecule has 3 rings (SSSR count). The van der Waals surface area contributed by atoms with Crippen LogP contribution < -0.4 is 5.32 Å². The summed E-state index contributed by atoms with van der Waals surface area (Å²) in [5.41, 5.74) is 0.685.